The van der Waals surface area contributed by atoms with Gasteiger partial charge in [-0.25, -0.2) is 0 Å². The minimum atomic E-state index is -0.0888. The molecule has 7 heteroatoms. The molecule has 1 aromatic carbocycles. The molecule has 3 aromatic rings. The maximum absolute atomic E-state index is 12.9. The summed E-state index contributed by atoms with van der Waals surface area (Å²) in [5.41, 5.74) is 4.27. The van der Waals surface area contributed by atoms with Crippen molar-refractivity contribution >= 4 is 5.91 Å². The summed E-state index contributed by atoms with van der Waals surface area (Å²) in [6.07, 6.45) is 8.82. The average Bonchev–Trinajstić information content (AvgIpc) is 3.50. The lowest BCUT2D eigenvalue weighted by Gasteiger charge is -2.14. The second-order valence-electron chi connectivity index (χ2n) is 7.94. The Morgan fingerprint density at radius 3 is 2.73 bits per heavy atom. The number of rotatable bonds is 5. The second-order valence-corrected chi connectivity index (χ2v) is 7.94. The van der Waals surface area contributed by atoms with E-state index in [1.54, 1.807) is 4.68 Å². The lowest BCUT2D eigenvalue weighted by Crippen LogP contribution is -2.32. The first-order chi connectivity index (χ1) is 14.7. The molecule has 1 amide bonds. The third-order valence-electron chi connectivity index (χ3n) is 5.68. The molecule has 30 heavy (non-hydrogen) atoms. The number of hydrogen-bond acceptors (Lipinski definition) is 5. The van der Waals surface area contributed by atoms with Crippen molar-refractivity contribution in [2.75, 3.05) is 6.79 Å². The molecule has 1 fully saturated rings. The minimum absolute atomic E-state index is 0.0888. The Bertz CT molecular complexity index is 1070. The van der Waals surface area contributed by atoms with Crippen LogP contribution in [0.25, 0.3) is 11.4 Å². The highest BCUT2D eigenvalue weighted by Crippen LogP contribution is 2.37. The van der Waals surface area contributed by atoms with Gasteiger partial charge in [-0.3, -0.25) is 14.5 Å². The monoisotopic (exact) mass is 404 g/mol. The third-order valence-corrected chi connectivity index (χ3v) is 5.68. The largest absolute Gasteiger partial charge is 0.454 e. The smallest absolute Gasteiger partial charge is 0.255 e. The fourth-order valence-corrected chi connectivity index (χ4v) is 4.14. The van der Waals surface area contributed by atoms with E-state index in [1.807, 2.05) is 49.8 Å². The summed E-state index contributed by atoms with van der Waals surface area (Å²) in [4.78, 5) is 17.4. The van der Waals surface area contributed by atoms with Crippen LogP contribution >= 0.6 is 0 Å². The molecule has 1 saturated carbocycles. The van der Waals surface area contributed by atoms with Crippen molar-refractivity contribution in [2.24, 2.45) is 7.05 Å². The maximum atomic E-state index is 12.9. The molecule has 2 aromatic heterocycles. The van der Waals surface area contributed by atoms with Crippen LogP contribution < -0.4 is 14.8 Å². The first-order valence-corrected chi connectivity index (χ1v) is 10.3. The fourth-order valence-electron chi connectivity index (χ4n) is 4.14. The van der Waals surface area contributed by atoms with E-state index in [0.29, 0.717) is 23.5 Å². The Balaban J connectivity index is 1.37. The lowest BCUT2D eigenvalue weighted by atomic mass is 10.0. The molecular weight excluding hydrogens is 380 g/mol. The number of aromatic nitrogens is 3. The second kappa shape index (κ2) is 7.82. The van der Waals surface area contributed by atoms with Crippen LogP contribution in [0.5, 0.6) is 11.5 Å². The van der Waals surface area contributed by atoms with Crippen molar-refractivity contribution in [2.45, 2.75) is 38.1 Å². The minimum Gasteiger partial charge on any atom is -0.454 e. The van der Waals surface area contributed by atoms with Gasteiger partial charge in [0.2, 0.25) is 6.79 Å². The van der Waals surface area contributed by atoms with E-state index in [9.17, 15) is 4.79 Å². The number of carbonyl (C=O) groups is 1. The van der Waals surface area contributed by atoms with Crippen molar-refractivity contribution in [1.29, 1.82) is 0 Å². The molecule has 1 aliphatic heterocycles. The van der Waals surface area contributed by atoms with Crippen LogP contribution in [-0.2, 0) is 13.5 Å². The van der Waals surface area contributed by atoms with Crippen LogP contribution in [0.15, 0.2) is 42.7 Å². The zero-order valence-electron chi connectivity index (χ0n) is 16.9. The molecule has 0 unspecified atom stereocenters. The van der Waals surface area contributed by atoms with E-state index in [1.165, 1.54) is 12.8 Å². The van der Waals surface area contributed by atoms with Crippen LogP contribution in [0.2, 0.25) is 0 Å². The lowest BCUT2D eigenvalue weighted by molar-refractivity contribution is 0.0933. The number of nitrogens with zero attached hydrogens (tertiary/aromatic N) is 3. The summed E-state index contributed by atoms with van der Waals surface area (Å²) in [5, 5.41) is 7.53. The highest BCUT2D eigenvalue weighted by molar-refractivity contribution is 5.98. The fraction of sp³-hybridized carbons (Fsp3) is 0.348. The number of fused-ring (bicyclic) bond motifs is 1. The van der Waals surface area contributed by atoms with Crippen LogP contribution in [0, 0.1) is 0 Å². The van der Waals surface area contributed by atoms with Gasteiger partial charge in [0, 0.05) is 25.5 Å². The molecule has 0 radical (unpaired) electrons. The van der Waals surface area contributed by atoms with Crippen molar-refractivity contribution in [3.8, 4) is 22.9 Å². The SMILES string of the molecule is Cn1ccc(-c2ccc(Cc3cc4c(c(C(=O)NC5CCCC5)c3)OCO4)cn2)n1. The van der Waals surface area contributed by atoms with Crippen molar-refractivity contribution in [1.82, 2.24) is 20.1 Å². The summed E-state index contributed by atoms with van der Waals surface area (Å²) in [6, 6.07) is 10.1. The Kier molecular flexibility index (Phi) is 4.86. The van der Waals surface area contributed by atoms with Crippen molar-refractivity contribution in [3.63, 3.8) is 0 Å². The Morgan fingerprint density at radius 2 is 2.00 bits per heavy atom. The van der Waals surface area contributed by atoms with E-state index < -0.39 is 0 Å². The molecule has 0 bridgehead atoms. The summed E-state index contributed by atoms with van der Waals surface area (Å²) >= 11 is 0. The average molecular weight is 404 g/mol. The number of aryl methyl sites for hydroxylation is 1. The van der Waals surface area contributed by atoms with Gasteiger partial charge < -0.3 is 14.8 Å². The van der Waals surface area contributed by atoms with Crippen LogP contribution in [-0.4, -0.2) is 33.5 Å². The molecule has 1 aliphatic carbocycles. The van der Waals surface area contributed by atoms with Crippen LogP contribution in [0.3, 0.4) is 0 Å². The maximum Gasteiger partial charge on any atom is 0.255 e. The van der Waals surface area contributed by atoms with E-state index in [-0.39, 0.29) is 18.7 Å². The number of hydrogen-bond donors (Lipinski definition) is 1. The Morgan fingerprint density at radius 1 is 1.13 bits per heavy atom. The normalized spacial score (nSPS) is 15.5. The predicted octanol–water partition coefficient (Wildman–Crippen LogP) is 3.47. The topological polar surface area (TPSA) is 78.3 Å². The van der Waals surface area contributed by atoms with Gasteiger partial charge in [-0.1, -0.05) is 18.9 Å². The standard InChI is InChI=1S/C23H24N4O3/c1-27-9-8-20(26-27)19-7-6-15(13-24-19)10-16-11-18(22-21(12-16)29-14-30-22)23(28)25-17-4-2-3-5-17/h6-9,11-13,17H,2-5,10,14H2,1H3,(H,25,28). The highest BCUT2D eigenvalue weighted by atomic mass is 16.7. The van der Waals surface area contributed by atoms with E-state index >= 15 is 0 Å². The number of ether oxygens (including phenoxy) is 2. The summed E-state index contributed by atoms with van der Waals surface area (Å²) in [6.45, 7) is 0.142. The molecule has 154 valence electrons. The zero-order valence-corrected chi connectivity index (χ0v) is 16.9. The summed E-state index contributed by atoms with van der Waals surface area (Å²) in [7, 11) is 1.89. The van der Waals surface area contributed by atoms with Crippen LogP contribution in [0.1, 0.15) is 47.2 Å². The van der Waals surface area contributed by atoms with Gasteiger partial charge >= 0.3 is 0 Å². The molecule has 0 atom stereocenters. The number of carbonyl (C=O) groups excluding carboxylic acids is 1. The van der Waals surface area contributed by atoms with E-state index in [2.05, 4.69) is 15.4 Å². The quantitative estimate of drug-likeness (QED) is 0.704. The van der Waals surface area contributed by atoms with Gasteiger partial charge in [0.1, 0.15) is 5.69 Å². The van der Waals surface area contributed by atoms with Crippen molar-refractivity contribution < 1.29 is 14.3 Å². The Hall–Kier alpha value is -3.35. The molecule has 0 spiro atoms. The van der Waals surface area contributed by atoms with E-state index in [4.69, 9.17) is 9.47 Å². The van der Waals surface area contributed by atoms with Gasteiger partial charge in [-0.05, 0) is 54.7 Å². The highest BCUT2D eigenvalue weighted by Gasteiger charge is 2.26. The summed E-state index contributed by atoms with van der Waals surface area (Å²) in [5.74, 6) is 1.08. The van der Waals surface area contributed by atoms with Gasteiger partial charge in [0.15, 0.2) is 11.5 Å². The number of nitrogens with one attached hydrogen (secondary N) is 1. The van der Waals surface area contributed by atoms with Gasteiger partial charge in [-0.2, -0.15) is 5.10 Å². The molecule has 5 rings (SSSR count). The van der Waals surface area contributed by atoms with Crippen LogP contribution in [0.4, 0.5) is 0 Å². The molecular formula is C23H24N4O3. The molecule has 1 N–H and O–H groups in total. The van der Waals surface area contributed by atoms with Gasteiger partial charge in [0.05, 0.1) is 11.3 Å². The third kappa shape index (κ3) is 3.75. The van der Waals surface area contributed by atoms with Crippen molar-refractivity contribution in [3.05, 3.63) is 59.4 Å². The number of amides is 1. The molecule has 0 saturated heterocycles. The molecule has 2 aliphatic rings. The number of benzene rings is 1. The predicted molar refractivity (Wildman–Crippen MR) is 112 cm³/mol. The van der Waals surface area contributed by atoms with Gasteiger partial charge in [-0.15, -0.1) is 0 Å². The molecule has 3 heterocycles. The molecule has 7 nitrogen and oxygen atoms in total. The first kappa shape index (κ1) is 18.7. The Labute approximate surface area is 175 Å². The zero-order chi connectivity index (χ0) is 20.5. The number of pyridine rings is 1. The van der Waals surface area contributed by atoms with Gasteiger partial charge in [0.25, 0.3) is 5.91 Å². The summed E-state index contributed by atoms with van der Waals surface area (Å²) < 4.78 is 12.9. The first-order valence-electron chi connectivity index (χ1n) is 10.3. The van der Waals surface area contributed by atoms with E-state index in [0.717, 1.165) is 35.4 Å².